The van der Waals surface area contributed by atoms with E-state index in [4.69, 9.17) is 4.74 Å². The summed E-state index contributed by atoms with van der Waals surface area (Å²) in [7, 11) is 1.58. The van der Waals surface area contributed by atoms with Gasteiger partial charge in [0.15, 0.2) is 0 Å². The van der Waals surface area contributed by atoms with Gasteiger partial charge in [0.25, 0.3) is 0 Å². The van der Waals surface area contributed by atoms with Crippen LogP contribution in [0.4, 0.5) is 4.39 Å². The molecule has 2 aliphatic heterocycles. The van der Waals surface area contributed by atoms with Gasteiger partial charge in [-0.25, -0.2) is 9.37 Å². The van der Waals surface area contributed by atoms with Crippen LogP contribution in [0.25, 0.3) is 22.2 Å². The molecule has 2 fully saturated rings. The van der Waals surface area contributed by atoms with Crippen molar-refractivity contribution in [1.29, 1.82) is 0 Å². The van der Waals surface area contributed by atoms with Gasteiger partial charge in [-0.05, 0) is 61.8 Å². The van der Waals surface area contributed by atoms with Crippen LogP contribution in [0.15, 0.2) is 36.5 Å². The normalized spacial score (nSPS) is 18.2. The van der Waals surface area contributed by atoms with Gasteiger partial charge in [-0.15, -0.1) is 0 Å². The van der Waals surface area contributed by atoms with Gasteiger partial charge in [0, 0.05) is 41.8 Å². The van der Waals surface area contributed by atoms with E-state index in [0.29, 0.717) is 36.9 Å². The lowest BCUT2D eigenvalue weighted by Gasteiger charge is -2.38. The van der Waals surface area contributed by atoms with Crippen molar-refractivity contribution in [1.82, 2.24) is 19.8 Å². The molecule has 8 heteroatoms. The highest BCUT2D eigenvalue weighted by Gasteiger charge is 2.31. The Morgan fingerprint density at radius 2 is 2.00 bits per heavy atom. The minimum atomic E-state index is -0.363. The quantitative estimate of drug-likeness (QED) is 0.640. The van der Waals surface area contributed by atoms with E-state index in [1.165, 1.54) is 12.1 Å². The molecule has 1 amide bonds. The number of aliphatic hydroxyl groups excluding tert-OH is 1. The zero-order valence-corrected chi connectivity index (χ0v) is 18.1. The average Bonchev–Trinajstić information content (AvgIpc) is 3.22. The smallest absolute Gasteiger partial charge is 0.236 e. The molecule has 5 rings (SSSR count). The zero-order valence-electron chi connectivity index (χ0n) is 18.1. The number of fused-ring (bicyclic) bond motifs is 1. The Bertz CT molecular complexity index is 1130. The van der Waals surface area contributed by atoms with Crippen molar-refractivity contribution in [3.63, 3.8) is 0 Å². The third-order valence-electron chi connectivity index (χ3n) is 6.61. The Morgan fingerprint density at radius 1 is 1.22 bits per heavy atom. The number of β-amino-alcohol motifs (C(OH)–C–C–N with tert-alkyl or cyclic N) is 1. The fraction of sp³-hybridized carbons (Fsp3) is 0.417. The maximum Gasteiger partial charge on any atom is 0.236 e. The van der Waals surface area contributed by atoms with Crippen molar-refractivity contribution in [2.75, 3.05) is 39.8 Å². The van der Waals surface area contributed by atoms with E-state index in [0.717, 1.165) is 48.2 Å². The molecule has 0 aliphatic carbocycles. The summed E-state index contributed by atoms with van der Waals surface area (Å²) in [6.07, 6.45) is 3.25. The van der Waals surface area contributed by atoms with Gasteiger partial charge >= 0.3 is 0 Å². The first-order valence-electron chi connectivity index (χ1n) is 11.0. The molecule has 2 aromatic heterocycles. The van der Waals surface area contributed by atoms with Crippen molar-refractivity contribution in [3.05, 3.63) is 48.0 Å². The van der Waals surface area contributed by atoms with Crippen LogP contribution in [0.2, 0.25) is 0 Å². The van der Waals surface area contributed by atoms with Crippen LogP contribution in [0.5, 0.6) is 5.75 Å². The van der Waals surface area contributed by atoms with Gasteiger partial charge in [0.05, 0.1) is 19.8 Å². The van der Waals surface area contributed by atoms with E-state index >= 15 is 0 Å². The number of nitrogens with one attached hydrogen (secondary N) is 1. The summed E-state index contributed by atoms with van der Waals surface area (Å²) in [4.78, 5) is 24.1. The lowest BCUT2D eigenvalue weighted by Crippen LogP contribution is -2.56. The second-order valence-corrected chi connectivity index (χ2v) is 8.69. The first-order valence-corrected chi connectivity index (χ1v) is 11.0. The molecule has 0 saturated carbocycles. The standard InChI is InChI=1S/C24H27FN4O3/c1-32-22-3-2-16(25)10-19(22)18-4-7-26-24-20(18)11-21(27-24)15-5-8-28(9-6-15)14-23(31)29-12-17(30)13-29/h2-4,7,10-11,15,17,30H,5-6,8-9,12-14H2,1H3,(H,26,27). The van der Waals surface area contributed by atoms with E-state index in [1.54, 1.807) is 24.3 Å². The van der Waals surface area contributed by atoms with E-state index < -0.39 is 0 Å². The van der Waals surface area contributed by atoms with Gasteiger partial charge in [0.1, 0.15) is 17.2 Å². The second-order valence-electron chi connectivity index (χ2n) is 8.69. The molecule has 2 aliphatic rings. The SMILES string of the molecule is COc1ccc(F)cc1-c1ccnc2[nH]c(C3CCN(CC(=O)N4CC(O)C4)CC3)cc12. The molecule has 4 heterocycles. The summed E-state index contributed by atoms with van der Waals surface area (Å²) < 4.78 is 19.4. The fourth-order valence-corrected chi connectivity index (χ4v) is 4.75. The summed E-state index contributed by atoms with van der Waals surface area (Å²) in [6.45, 7) is 3.02. The summed E-state index contributed by atoms with van der Waals surface area (Å²) in [5.74, 6) is 0.756. The van der Waals surface area contributed by atoms with Crippen molar-refractivity contribution in [2.24, 2.45) is 0 Å². The van der Waals surface area contributed by atoms with Gasteiger partial charge in [-0.2, -0.15) is 0 Å². The number of H-pyrrole nitrogens is 1. The summed E-state index contributed by atoms with van der Waals surface area (Å²) in [6, 6.07) is 8.54. The number of aliphatic hydroxyl groups is 1. The molecule has 0 unspecified atom stereocenters. The molecule has 1 aromatic carbocycles. The number of nitrogens with zero attached hydrogens (tertiary/aromatic N) is 3. The van der Waals surface area contributed by atoms with Crippen LogP contribution in [0.3, 0.4) is 0 Å². The monoisotopic (exact) mass is 438 g/mol. The molecule has 3 aromatic rings. The van der Waals surface area contributed by atoms with Crippen molar-refractivity contribution in [3.8, 4) is 16.9 Å². The summed E-state index contributed by atoms with van der Waals surface area (Å²) in [5.41, 5.74) is 3.48. The highest BCUT2D eigenvalue weighted by molar-refractivity contribution is 5.95. The lowest BCUT2D eigenvalue weighted by atomic mass is 9.93. The number of methoxy groups -OCH3 is 1. The number of amides is 1. The van der Waals surface area contributed by atoms with Gasteiger partial charge in [-0.3, -0.25) is 9.69 Å². The van der Waals surface area contributed by atoms with Crippen LogP contribution in [-0.4, -0.2) is 76.7 Å². The number of ether oxygens (including phenoxy) is 1. The van der Waals surface area contributed by atoms with Gasteiger partial charge in [-0.1, -0.05) is 0 Å². The number of likely N-dealkylation sites (tertiary alicyclic amines) is 2. The Hall–Kier alpha value is -2.97. The first-order chi connectivity index (χ1) is 15.5. The number of rotatable bonds is 5. The molecule has 0 spiro atoms. The number of hydrogen-bond donors (Lipinski definition) is 2. The van der Waals surface area contributed by atoms with Crippen LogP contribution in [0, 0.1) is 5.82 Å². The Labute approximate surface area is 185 Å². The Kier molecular flexibility index (Phi) is 5.57. The third kappa shape index (κ3) is 3.96. The number of hydrogen-bond acceptors (Lipinski definition) is 5. The number of aromatic nitrogens is 2. The van der Waals surface area contributed by atoms with Crippen LogP contribution in [0.1, 0.15) is 24.5 Å². The molecule has 2 saturated heterocycles. The molecule has 0 radical (unpaired) electrons. The average molecular weight is 439 g/mol. The molecule has 2 N–H and O–H groups in total. The van der Waals surface area contributed by atoms with Crippen LogP contribution >= 0.6 is 0 Å². The first kappa shape index (κ1) is 20.9. The van der Waals surface area contributed by atoms with E-state index in [9.17, 15) is 14.3 Å². The minimum Gasteiger partial charge on any atom is -0.496 e. The molecular formula is C24H27FN4O3. The summed E-state index contributed by atoms with van der Waals surface area (Å²) in [5, 5.41) is 10.3. The van der Waals surface area contributed by atoms with E-state index in [1.807, 2.05) is 6.07 Å². The third-order valence-corrected chi connectivity index (χ3v) is 6.61. The van der Waals surface area contributed by atoms with Crippen molar-refractivity contribution >= 4 is 16.9 Å². The molecule has 168 valence electrons. The highest BCUT2D eigenvalue weighted by Crippen LogP contribution is 2.37. The Morgan fingerprint density at radius 3 is 2.72 bits per heavy atom. The number of carbonyl (C=O) groups excluding carboxylic acids is 1. The predicted molar refractivity (Wildman–Crippen MR) is 119 cm³/mol. The molecule has 0 atom stereocenters. The molecule has 0 bridgehead atoms. The largest absolute Gasteiger partial charge is 0.496 e. The van der Waals surface area contributed by atoms with Crippen LogP contribution in [-0.2, 0) is 4.79 Å². The van der Waals surface area contributed by atoms with Crippen molar-refractivity contribution in [2.45, 2.75) is 24.9 Å². The number of piperidine rings is 1. The number of pyridine rings is 1. The van der Waals surface area contributed by atoms with E-state index in [-0.39, 0.29) is 17.8 Å². The predicted octanol–water partition coefficient (Wildman–Crippen LogP) is 2.76. The van der Waals surface area contributed by atoms with Gasteiger partial charge < -0.3 is 19.7 Å². The Balaban J connectivity index is 1.32. The summed E-state index contributed by atoms with van der Waals surface area (Å²) >= 11 is 0. The number of aromatic amines is 1. The minimum absolute atomic E-state index is 0.0947. The number of carbonyl (C=O) groups is 1. The maximum absolute atomic E-state index is 14.0. The lowest BCUT2D eigenvalue weighted by molar-refractivity contribution is -0.142. The maximum atomic E-state index is 14.0. The fourth-order valence-electron chi connectivity index (χ4n) is 4.75. The van der Waals surface area contributed by atoms with Crippen LogP contribution < -0.4 is 4.74 Å². The molecule has 32 heavy (non-hydrogen) atoms. The van der Waals surface area contributed by atoms with Crippen molar-refractivity contribution < 1.29 is 19.0 Å². The van der Waals surface area contributed by atoms with Gasteiger partial charge in [0.2, 0.25) is 5.91 Å². The highest BCUT2D eigenvalue weighted by atomic mass is 19.1. The number of halogens is 1. The zero-order chi connectivity index (χ0) is 22.2. The second kappa shape index (κ2) is 8.52. The molecular weight excluding hydrogens is 411 g/mol. The number of benzene rings is 1. The topological polar surface area (TPSA) is 81.7 Å². The van der Waals surface area contributed by atoms with E-state index in [2.05, 4.69) is 20.9 Å². The molecule has 7 nitrogen and oxygen atoms in total.